The maximum Gasteiger partial charge on any atom is 0.140 e. The summed E-state index contributed by atoms with van der Waals surface area (Å²) in [5.74, 6) is 0.829. The average molecular weight is 209 g/mol. The van der Waals surface area contributed by atoms with Gasteiger partial charge < -0.3 is 9.47 Å². The van der Waals surface area contributed by atoms with E-state index in [9.17, 15) is 0 Å². The van der Waals surface area contributed by atoms with E-state index in [0.29, 0.717) is 13.2 Å². The van der Waals surface area contributed by atoms with Gasteiger partial charge in [0, 0.05) is 6.20 Å². The van der Waals surface area contributed by atoms with Gasteiger partial charge >= 0.3 is 0 Å². The molecule has 0 aliphatic carbocycles. The van der Waals surface area contributed by atoms with E-state index >= 15 is 0 Å². The molecule has 0 aliphatic heterocycles. The van der Waals surface area contributed by atoms with Crippen molar-refractivity contribution in [3.05, 3.63) is 24.0 Å². The Hall–Kier alpha value is -1.09. The number of rotatable bonds is 4. The first-order valence-corrected chi connectivity index (χ1v) is 5.17. The molecule has 1 heterocycles. The van der Waals surface area contributed by atoms with Crippen molar-refractivity contribution in [1.29, 1.82) is 0 Å². The van der Waals surface area contributed by atoms with Crippen LogP contribution in [-0.2, 0) is 4.74 Å². The van der Waals surface area contributed by atoms with E-state index in [0.717, 1.165) is 11.4 Å². The molecule has 3 nitrogen and oxygen atoms in total. The van der Waals surface area contributed by atoms with Gasteiger partial charge in [-0.25, -0.2) is 0 Å². The minimum absolute atomic E-state index is 0.104. The Kier molecular flexibility index (Phi) is 4.09. The molecule has 0 bridgehead atoms. The van der Waals surface area contributed by atoms with Gasteiger partial charge in [-0.15, -0.1) is 0 Å². The second kappa shape index (κ2) is 5.12. The number of ether oxygens (including phenoxy) is 2. The van der Waals surface area contributed by atoms with Crippen molar-refractivity contribution in [2.24, 2.45) is 0 Å². The van der Waals surface area contributed by atoms with Crippen LogP contribution in [0.2, 0.25) is 0 Å². The number of pyridine rings is 1. The van der Waals surface area contributed by atoms with Gasteiger partial charge in [0.25, 0.3) is 0 Å². The molecule has 0 amide bonds. The molecule has 0 saturated carbocycles. The van der Waals surface area contributed by atoms with Crippen LogP contribution in [0.3, 0.4) is 0 Å². The molecule has 0 spiro atoms. The zero-order valence-corrected chi connectivity index (χ0v) is 9.91. The Balaban J connectivity index is 2.30. The molecule has 0 fully saturated rings. The van der Waals surface area contributed by atoms with Crippen LogP contribution >= 0.6 is 0 Å². The number of hydrogen-bond acceptors (Lipinski definition) is 3. The second-order valence-corrected chi connectivity index (χ2v) is 4.40. The summed E-state index contributed by atoms with van der Waals surface area (Å²) < 4.78 is 11.1. The Morgan fingerprint density at radius 2 is 2.00 bits per heavy atom. The van der Waals surface area contributed by atoms with Crippen LogP contribution in [0.15, 0.2) is 18.3 Å². The predicted molar refractivity (Wildman–Crippen MR) is 60.2 cm³/mol. The Labute approximate surface area is 91.4 Å². The van der Waals surface area contributed by atoms with Crippen molar-refractivity contribution in [1.82, 2.24) is 4.98 Å². The summed E-state index contributed by atoms with van der Waals surface area (Å²) in [6.07, 6.45) is 1.76. The smallest absolute Gasteiger partial charge is 0.140 e. The lowest BCUT2D eigenvalue weighted by Crippen LogP contribution is -2.22. The zero-order chi connectivity index (χ0) is 11.3. The lowest BCUT2D eigenvalue weighted by molar-refractivity contribution is -0.0164. The van der Waals surface area contributed by atoms with Gasteiger partial charge in [-0.3, -0.25) is 4.98 Å². The highest BCUT2D eigenvalue weighted by Gasteiger charge is 2.09. The predicted octanol–water partition coefficient (Wildman–Crippen LogP) is 2.58. The zero-order valence-electron chi connectivity index (χ0n) is 9.91. The number of hydrogen-bond donors (Lipinski definition) is 0. The van der Waals surface area contributed by atoms with E-state index in [4.69, 9.17) is 9.47 Å². The third-order valence-corrected chi connectivity index (χ3v) is 1.83. The SMILES string of the molecule is Cc1ncccc1OCCOC(C)(C)C. The van der Waals surface area contributed by atoms with E-state index in [1.165, 1.54) is 0 Å². The summed E-state index contributed by atoms with van der Waals surface area (Å²) in [5.41, 5.74) is 0.807. The van der Waals surface area contributed by atoms with E-state index in [1.54, 1.807) is 6.20 Å². The monoisotopic (exact) mass is 209 g/mol. The molecule has 0 saturated heterocycles. The van der Waals surface area contributed by atoms with Gasteiger partial charge in [-0.1, -0.05) is 0 Å². The van der Waals surface area contributed by atoms with Crippen LogP contribution in [0.4, 0.5) is 0 Å². The highest BCUT2D eigenvalue weighted by molar-refractivity contribution is 5.25. The Morgan fingerprint density at radius 1 is 1.27 bits per heavy atom. The summed E-state index contributed by atoms with van der Waals surface area (Å²) in [6.45, 7) is 9.18. The van der Waals surface area contributed by atoms with Crippen molar-refractivity contribution in [3.8, 4) is 5.75 Å². The van der Waals surface area contributed by atoms with Gasteiger partial charge in [0.1, 0.15) is 12.4 Å². The standard InChI is InChI=1S/C12H19NO2/c1-10-11(6-5-7-13-10)14-8-9-15-12(2,3)4/h5-7H,8-9H2,1-4H3. The van der Waals surface area contributed by atoms with Crippen LogP contribution in [0.5, 0.6) is 5.75 Å². The average Bonchev–Trinajstić information content (AvgIpc) is 2.13. The molecule has 0 radical (unpaired) electrons. The van der Waals surface area contributed by atoms with Crippen molar-refractivity contribution in [2.75, 3.05) is 13.2 Å². The van der Waals surface area contributed by atoms with Gasteiger partial charge in [0.05, 0.1) is 17.9 Å². The maximum atomic E-state index is 5.55. The molecule has 1 aromatic rings. The molecule has 0 N–H and O–H groups in total. The molecule has 0 unspecified atom stereocenters. The normalized spacial score (nSPS) is 11.5. The molecular weight excluding hydrogens is 190 g/mol. The Bertz CT molecular complexity index is 305. The third-order valence-electron chi connectivity index (χ3n) is 1.83. The fourth-order valence-corrected chi connectivity index (χ4v) is 1.12. The van der Waals surface area contributed by atoms with E-state index < -0.39 is 0 Å². The summed E-state index contributed by atoms with van der Waals surface area (Å²) in [4.78, 5) is 4.14. The molecule has 0 aromatic carbocycles. The highest BCUT2D eigenvalue weighted by Crippen LogP contribution is 2.13. The van der Waals surface area contributed by atoms with Crippen molar-refractivity contribution < 1.29 is 9.47 Å². The van der Waals surface area contributed by atoms with E-state index in [1.807, 2.05) is 39.8 Å². The quantitative estimate of drug-likeness (QED) is 0.714. The molecule has 1 rings (SSSR count). The molecule has 84 valence electrons. The third kappa shape index (κ3) is 4.79. The molecule has 15 heavy (non-hydrogen) atoms. The molecular formula is C12H19NO2. The fraction of sp³-hybridized carbons (Fsp3) is 0.583. The van der Waals surface area contributed by atoms with Crippen molar-refractivity contribution in [3.63, 3.8) is 0 Å². The van der Waals surface area contributed by atoms with Gasteiger partial charge in [-0.2, -0.15) is 0 Å². The summed E-state index contributed by atoms with van der Waals surface area (Å²) in [5, 5.41) is 0. The van der Waals surface area contributed by atoms with E-state index in [2.05, 4.69) is 4.98 Å². The van der Waals surface area contributed by atoms with Crippen LogP contribution in [-0.4, -0.2) is 23.8 Å². The lowest BCUT2D eigenvalue weighted by atomic mass is 10.2. The first kappa shape index (κ1) is 12.0. The fourth-order valence-electron chi connectivity index (χ4n) is 1.12. The van der Waals surface area contributed by atoms with Gasteiger partial charge in [0.15, 0.2) is 0 Å². The van der Waals surface area contributed by atoms with Gasteiger partial charge in [0.2, 0.25) is 0 Å². The summed E-state index contributed by atoms with van der Waals surface area (Å²) >= 11 is 0. The van der Waals surface area contributed by atoms with Crippen LogP contribution in [0, 0.1) is 6.92 Å². The summed E-state index contributed by atoms with van der Waals surface area (Å²) in [7, 11) is 0. The lowest BCUT2D eigenvalue weighted by Gasteiger charge is -2.19. The van der Waals surface area contributed by atoms with Gasteiger partial charge in [-0.05, 0) is 39.8 Å². The van der Waals surface area contributed by atoms with Crippen LogP contribution in [0.1, 0.15) is 26.5 Å². The molecule has 1 aromatic heterocycles. The van der Waals surface area contributed by atoms with Crippen molar-refractivity contribution >= 4 is 0 Å². The largest absolute Gasteiger partial charge is 0.489 e. The number of aryl methyl sites for hydroxylation is 1. The highest BCUT2D eigenvalue weighted by atomic mass is 16.5. The van der Waals surface area contributed by atoms with E-state index in [-0.39, 0.29) is 5.60 Å². The number of nitrogens with zero attached hydrogens (tertiary/aromatic N) is 1. The summed E-state index contributed by atoms with van der Waals surface area (Å²) in [6, 6.07) is 3.78. The first-order valence-electron chi connectivity index (χ1n) is 5.17. The van der Waals surface area contributed by atoms with Crippen LogP contribution < -0.4 is 4.74 Å². The maximum absolute atomic E-state index is 5.55. The minimum atomic E-state index is -0.104. The first-order chi connectivity index (χ1) is 6.99. The molecule has 0 aliphatic rings. The second-order valence-electron chi connectivity index (χ2n) is 4.40. The molecule has 3 heteroatoms. The number of aromatic nitrogens is 1. The van der Waals surface area contributed by atoms with Crippen LogP contribution in [0.25, 0.3) is 0 Å². The molecule has 0 atom stereocenters. The topological polar surface area (TPSA) is 31.4 Å². The van der Waals surface area contributed by atoms with Crippen molar-refractivity contribution in [2.45, 2.75) is 33.3 Å². The Morgan fingerprint density at radius 3 is 2.60 bits per heavy atom. The minimum Gasteiger partial charge on any atom is -0.489 e.